The number of benzene rings is 2. The minimum absolute atomic E-state index is 0.640. The molecule has 0 saturated heterocycles. The van der Waals surface area contributed by atoms with Gasteiger partial charge in [0.1, 0.15) is 5.75 Å². The van der Waals surface area contributed by atoms with Gasteiger partial charge in [0.25, 0.3) is 0 Å². The van der Waals surface area contributed by atoms with E-state index in [-0.39, 0.29) is 0 Å². The molecule has 0 heterocycles. The number of hydrogen-bond acceptors (Lipinski definition) is 1. The molecule has 0 aromatic heterocycles. The molecule has 0 spiro atoms. The van der Waals surface area contributed by atoms with Crippen LogP contribution in [0.25, 0.3) is 11.1 Å². The Labute approximate surface area is 113 Å². The van der Waals surface area contributed by atoms with Gasteiger partial charge in [-0.05, 0) is 36.6 Å². The molecule has 0 unspecified atom stereocenters. The topological polar surface area (TPSA) is 9.23 Å². The normalized spacial score (nSPS) is 10.3. The van der Waals surface area contributed by atoms with Gasteiger partial charge in [-0.15, -0.1) is 11.6 Å². The van der Waals surface area contributed by atoms with Gasteiger partial charge in [-0.1, -0.05) is 42.0 Å². The van der Waals surface area contributed by atoms with E-state index in [1.807, 2.05) is 12.1 Å². The van der Waals surface area contributed by atoms with E-state index in [1.54, 1.807) is 0 Å². The molecule has 0 amide bonds. The molecule has 2 aromatic carbocycles. The molecule has 0 aliphatic rings. The average molecular weight is 261 g/mol. The second kappa shape index (κ2) is 6.46. The summed E-state index contributed by atoms with van der Waals surface area (Å²) in [6, 6.07) is 16.7. The quantitative estimate of drug-likeness (QED) is 0.561. The van der Waals surface area contributed by atoms with Crippen molar-refractivity contribution >= 4 is 11.6 Å². The highest BCUT2D eigenvalue weighted by molar-refractivity contribution is 6.17. The molecule has 0 N–H and O–H groups in total. The maximum atomic E-state index is 5.61. The van der Waals surface area contributed by atoms with Crippen LogP contribution < -0.4 is 4.74 Å². The maximum Gasteiger partial charge on any atom is 0.119 e. The summed E-state index contributed by atoms with van der Waals surface area (Å²) in [6.45, 7) is 2.78. The second-order valence-electron chi connectivity index (χ2n) is 4.28. The summed E-state index contributed by atoms with van der Waals surface area (Å²) in [7, 11) is 0. The smallest absolute Gasteiger partial charge is 0.119 e. The van der Waals surface area contributed by atoms with Crippen molar-refractivity contribution in [1.82, 2.24) is 0 Å². The molecule has 94 valence electrons. The van der Waals surface area contributed by atoms with Crippen molar-refractivity contribution in [2.45, 2.75) is 13.3 Å². The summed E-state index contributed by atoms with van der Waals surface area (Å²) < 4.78 is 5.58. The third kappa shape index (κ3) is 3.51. The molecule has 0 atom stereocenters. The number of aryl methyl sites for hydroxylation is 1. The van der Waals surface area contributed by atoms with E-state index in [0.717, 1.165) is 12.2 Å². The fourth-order valence-corrected chi connectivity index (χ4v) is 1.92. The highest BCUT2D eigenvalue weighted by atomic mass is 35.5. The Morgan fingerprint density at radius 2 is 1.78 bits per heavy atom. The summed E-state index contributed by atoms with van der Waals surface area (Å²) in [6.07, 6.45) is 0.876. The van der Waals surface area contributed by atoms with Gasteiger partial charge in [0.15, 0.2) is 0 Å². The molecule has 2 aromatic rings. The van der Waals surface area contributed by atoms with Gasteiger partial charge in [-0.3, -0.25) is 0 Å². The summed E-state index contributed by atoms with van der Waals surface area (Å²) >= 11 is 5.61. The van der Waals surface area contributed by atoms with E-state index in [2.05, 4.69) is 43.3 Å². The zero-order valence-corrected chi connectivity index (χ0v) is 11.3. The van der Waals surface area contributed by atoms with E-state index >= 15 is 0 Å². The van der Waals surface area contributed by atoms with E-state index < -0.39 is 0 Å². The van der Waals surface area contributed by atoms with Crippen molar-refractivity contribution in [1.29, 1.82) is 0 Å². The molecule has 2 rings (SSSR count). The summed E-state index contributed by atoms with van der Waals surface area (Å²) in [5.41, 5.74) is 3.72. The fraction of sp³-hybridized carbons (Fsp3) is 0.250. The molecular weight excluding hydrogens is 244 g/mol. The Hall–Kier alpha value is -1.47. The monoisotopic (exact) mass is 260 g/mol. The van der Waals surface area contributed by atoms with Crippen molar-refractivity contribution in [3.8, 4) is 16.9 Å². The van der Waals surface area contributed by atoms with E-state index in [0.29, 0.717) is 12.5 Å². The summed E-state index contributed by atoms with van der Waals surface area (Å²) in [5.74, 6) is 1.54. The first-order chi connectivity index (χ1) is 8.79. The average Bonchev–Trinajstić information content (AvgIpc) is 2.40. The molecule has 18 heavy (non-hydrogen) atoms. The predicted octanol–water partition coefficient (Wildman–Crippen LogP) is 4.67. The zero-order valence-electron chi connectivity index (χ0n) is 10.5. The van der Waals surface area contributed by atoms with E-state index in [9.17, 15) is 0 Å². The highest BCUT2D eigenvalue weighted by Crippen LogP contribution is 2.23. The van der Waals surface area contributed by atoms with Crippen molar-refractivity contribution in [2.75, 3.05) is 12.5 Å². The third-order valence-electron chi connectivity index (χ3n) is 2.75. The Morgan fingerprint density at radius 1 is 1.00 bits per heavy atom. The molecule has 0 fully saturated rings. The fourth-order valence-electron chi connectivity index (χ4n) is 1.81. The standard InChI is InChI=1S/C16H17ClO/c1-13-4-2-5-15(12-13)14-6-8-16(9-7-14)18-11-3-10-17/h2,4-9,12H,3,10-11H2,1H3. The molecule has 0 aliphatic carbocycles. The highest BCUT2D eigenvalue weighted by Gasteiger charge is 1.99. The summed E-state index contributed by atoms with van der Waals surface area (Å²) in [4.78, 5) is 0. The molecule has 0 saturated carbocycles. The van der Waals surface area contributed by atoms with Crippen molar-refractivity contribution in [3.05, 3.63) is 54.1 Å². The van der Waals surface area contributed by atoms with Gasteiger partial charge < -0.3 is 4.74 Å². The number of hydrogen-bond donors (Lipinski definition) is 0. The lowest BCUT2D eigenvalue weighted by molar-refractivity contribution is 0.318. The molecule has 1 nitrogen and oxygen atoms in total. The van der Waals surface area contributed by atoms with Gasteiger partial charge >= 0.3 is 0 Å². The predicted molar refractivity (Wildman–Crippen MR) is 77.4 cm³/mol. The lowest BCUT2D eigenvalue weighted by Gasteiger charge is -2.07. The first kappa shape index (κ1) is 13.0. The van der Waals surface area contributed by atoms with Gasteiger partial charge in [0.2, 0.25) is 0 Å². The van der Waals surface area contributed by atoms with Crippen molar-refractivity contribution < 1.29 is 4.74 Å². The van der Waals surface area contributed by atoms with Gasteiger partial charge in [-0.2, -0.15) is 0 Å². The van der Waals surface area contributed by atoms with Gasteiger partial charge in [0.05, 0.1) is 6.61 Å². The van der Waals surface area contributed by atoms with Crippen LogP contribution in [0, 0.1) is 6.92 Å². The Morgan fingerprint density at radius 3 is 2.44 bits per heavy atom. The molecule has 2 heteroatoms. The summed E-state index contributed by atoms with van der Waals surface area (Å²) in [5, 5.41) is 0. The van der Waals surface area contributed by atoms with Gasteiger partial charge in [-0.25, -0.2) is 0 Å². The van der Waals surface area contributed by atoms with Crippen LogP contribution in [0.15, 0.2) is 48.5 Å². The number of ether oxygens (including phenoxy) is 1. The third-order valence-corrected chi connectivity index (χ3v) is 3.02. The first-order valence-corrected chi connectivity index (χ1v) is 6.69. The van der Waals surface area contributed by atoms with Crippen LogP contribution in [0.5, 0.6) is 5.75 Å². The largest absolute Gasteiger partial charge is 0.494 e. The van der Waals surface area contributed by atoms with Crippen LogP contribution >= 0.6 is 11.6 Å². The molecule has 0 bridgehead atoms. The number of alkyl halides is 1. The minimum atomic E-state index is 0.640. The number of rotatable bonds is 5. The van der Waals surface area contributed by atoms with Crippen LogP contribution in [-0.4, -0.2) is 12.5 Å². The lowest BCUT2D eigenvalue weighted by atomic mass is 10.0. The molecular formula is C16H17ClO. The van der Waals surface area contributed by atoms with Crippen LogP contribution in [0.1, 0.15) is 12.0 Å². The van der Waals surface area contributed by atoms with Crippen molar-refractivity contribution in [3.63, 3.8) is 0 Å². The van der Waals surface area contributed by atoms with E-state index in [4.69, 9.17) is 16.3 Å². The van der Waals surface area contributed by atoms with Crippen molar-refractivity contribution in [2.24, 2.45) is 0 Å². The SMILES string of the molecule is Cc1cccc(-c2ccc(OCCCCl)cc2)c1. The van der Waals surface area contributed by atoms with Crippen LogP contribution in [0.2, 0.25) is 0 Å². The Balaban J connectivity index is 2.07. The zero-order chi connectivity index (χ0) is 12.8. The second-order valence-corrected chi connectivity index (χ2v) is 4.66. The Bertz CT molecular complexity index is 491. The molecule has 0 radical (unpaired) electrons. The lowest BCUT2D eigenvalue weighted by Crippen LogP contribution is -1.97. The Kier molecular flexibility index (Phi) is 4.66. The minimum Gasteiger partial charge on any atom is -0.494 e. The van der Waals surface area contributed by atoms with Gasteiger partial charge in [0, 0.05) is 5.88 Å². The van der Waals surface area contributed by atoms with Crippen LogP contribution in [0.3, 0.4) is 0 Å². The first-order valence-electron chi connectivity index (χ1n) is 6.15. The molecule has 0 aliphatic heterocycles. The number of halogens is 1. The van der Waals surface area contributed by atoms with Crippen LogP contribution in [0.4, 0.5) is 0 Å². The maximum absolute atomic E-state index is 5.61. The van der Waals surface area contributed by atoms with Crippen LogP contribution in [-0.2, 0) is 0 Å². The van der Waals surface area contributed by atoms with E-state index in [1.165, 1.54) is 16.7 Å².